The van der Waals surface area contributed by atoms with Gasteiger partial charge in [0.05, 0.1) is 29.8 Å². The lowest BCUT2D eigenvalue weighted by Gasteiger charge is -2.30. The van der Waals surface area contributed by atoms with Gasteiger partial charge in [0.2, 0.25) is 0 Å². The minimum absolute atomic E-state index is 0.248. The molecule has 1 heterocycles. The van der Waals surface area contributed by atoms with Gasteiger partial charge < -0.3 is 14.8 Å². The fourth-order valence-electron chi connectivity index (χ4n) is 3.06. The summed E-state index contributed by atoms with van der Waals surface area (Å²) in [7, 11) is 0. The van der Waals surface area contributed by atoms with Gasteiger partial charge in [-0.3, -0.25) is 0 Å². The summed E-state index contributed by atoms with van der Waals surface area (Å²) in [6, 6.07) is 9.50. The molecule has 0 bridgehead atoms. The standard InChI is InChI=1S/C21H27NO4/c1-6-12-25-20(23)17-14(4)22-15(5)18(21(24)26-13(2)3)19(17)16-10-8-7-9-11-16/h7-11,13,19,22H,6,12H2,1-5H3. The molecule has 1 N–H and O–H groups in total. The molecule has 0 aliphatic carbocycles. The van der Waals surface area contributed by atoms with E-state index >= 15 is 0 Å². The van der Waals surface area contributed by atoms with Crippen LogP contribution < -0.4 is 5.32 Å². The zero-order valence-corrected chi connectivity index (χ0v) is 16.1. The van der Waals surface area contributed by atoms with Crippen LogP contribution in [-0.4, -0.2) is 24.6 Å². The summed E-state index contributed by atoms with van der Waals surface area (Å²) in [5.41, 5.74) is 3.13. The molecule has 0 fully saturated rings. The first-order valence-electron chi connectivity index (χ1n) is 8.98. The van der Waals surface area contributed by atoms with Gasteiger partial charge in [0.25, 0.3) is 0 Å². The number of carbonyl (C=O) groups excluding carboxylic acids is 2. The lowest BCUT2D eigenvalue weighted by atomic mass is 9.80. The van der Waals surface area contributed by atoms with E-state index in [9.17, 15) is 9.59 Å². The van der Waals surface area contributed by atoms with E-state index in [1.54, 1.807) is 13.8 Å². The number of carbonyl (C=O) groups is 2. The van der Waals surface area contributed by atoms with Gasteiger partial charge in [0, 0.05) is 11.4 Å². The first-order valence-corrected chi connectivity index (χ1v) is 8.98. The summed E-state index contributed by atoms with van der Waals surface area (Å²) in [5, 5.41) is 3.15. The van der Waals surface area contributed by atoms with E-state index in [2.05, 4.69) is 5.32 Å². The third-order valence-corrected chi connectivity index (χ3v) is 4.11. The molecular formula is C21H27NO4. The van der Waals surface area contributed by atoms with E-state index in [0.717, 1.165) is 12.0 Å². The maximum Gasteiger partial charge on any atom is 0.337 e. The lowest BCUT2D eigenvalue weighted by Crippen LogP contribution is -2.33. The summed E-state index contributed by atoms with van der Waals surface area (Å²) >= 11 is 0. The van der Waals surface area contributed by atoms with Crippen molar-refractivity contribution in [3.05, 3.63) is 58.4 Å². The molecule has 2 rings (SSSR count). The Morgan fingerprint density at radius 1 is 1.04 bits per heavy atom. The van der Waals surface area contributed by atoms with Crippen LogP contribution in [0.4, 0.5) is 0 Å². The van der Waals surface area contributed by atoms with Crippen molar-refractivity contribution in [1.29, 1.82) is 0 Å². The van der Waals surface area contributed by atoms with Crippen molar-refractivity contribution in [3.8, 4) is 0 Å². The Morgan fingerprint density at radius 2 is 1.62 bits per heavy atom. The highest BCUT2D eigenvalue weighted by Crippen LogP contribution is 2.39. The predicted molar refractivity (Wildman–Crippen MR) is 100 cm³/mol. The van der Waals surface area contributed by atoms with Crippen LogP contribution in [0, 0.1) is 0 Å². The second-order valence-electron chi connectivity index (χ2n) is 6.64. The SMILES string of the molecule is CCCOC(=O)C1=C(C)NC(C)=C(C(=O)OC(C)C)C1c1ccccc1. The van der Waals surface area contributed by atoms with E-state index in [0.29, 0.717) is 29.1 Å². The molecule has 5 heteroatoms. The summed E-state index contributed by atoms with van der Waals surface area (Å²) in [4.78, 5) is 25.6. The van der Waals surface area contributed by atoms with E-state index in [1.807, 2.05) is 51.1 Å². The Kier molecular flexibility index (Phi) is 6.61. The van der Waals surface area contributed by atoms with Crippen LogP contribution in [-0.2, 0) is 19.1 Å². The Balaban J connectivity index is 2.54. The molecule has 0 saturated heterocycles. The minimum Gasteiger partial charge on any atom is -0.462 e. The van der Waals surface area contributed by atoms with Crippen LogP contribution in [0.5, 0.6) is 0 Å². The number of dihydropyridines is 1. The quantitative estimate of drug-likeness (QED) is 0.784. The topological polar surface area (TPSA) is 64.6 Å². The zero-order chi connectivity index (χ0) is 19.3. The fourth-order valence-corrected chi connectivity index (χ4v) is 3.06. The molecule has 1 aliphatic rings. The molecule has 1 unspecified atom stereocenters. The maximum absolute atomic E-state index is 12.8. The largest absolute Gasteiger partial charge is 0.462 e. The highest BCUT2D eigenvalue weighted by Gasteiger charge is 2.38. The molecule has 1 aromatic carbocycles. The van der Waals surface area contributed by atoms with Crippen LogP contribution >= 0.6 is 0 Å². The average molecular weight is 357 g/mol. The van der Waals surface area contributed by atoms with Gasteiger partial charge in [-0.15, -0.1) is 0 Å². The van der Waals surface area contributed by atoms with Gasteiger partial charge in [-0.1, -0.05) is 37.3 Å². The molecule has 0 saturated carbocycles. The number of benzene rings is 1. The van der Waals surface area contributed by atoms with Gasteiger partial charge in [-0.25, -0.2) is 9.59 Å². The van der Waals surface area contributed by atoms with Crippen molar-refractivity contribution >= 4 is 11.9 Å². The molecule has 5 nitrogen and oxygen atoms in total. The van der Waals surface area contributed by atoms with Crippen molar-refractivity contribution in [1.82, 2.24) is 5.32 Å². The van der Waals surface area contributed by atoms with Crippen LogP contribution in [0.25, 0.3) is 0 Å². The van der Waals surface area contributed by atoms with Crippen molar-refractivity contribution in [2.24, 2.45) is 0 Å². The monoisotopic (exact) mass is 357 g/mol. The summed E-state index contributed by atoms with van der Waals surface area (Å²) in [6.07, 6.45) is 0.486. The van der Waals surface area contributed by atoms with Gasteiger partial charge in [0.15, 0.2) is 0 Å². The van der Waals surface area contributed by atoms with Crippen molar-refractivity contribution in [2.45, 2.75) is 53.1 Å². The van der Waals surface area contributed by atoms with Crippen molar-refractivity contribution in [3.63, 3.8) is 0 Å². The second kappa shape index (κ2) is 8.70. The van der Waals surface area contributed by atoms with Gasteiger partial charge >= 0.3 is 11.9 Å². The molecule has 0 aromatic heterocycles. The second-order valence-corrected chi connectivity index (χ2v) is 6.64. The number of hydrogen-bond acceptors (Lipinski definition) is 5. The van der Waals surface area contributed by atoms with E-state index in [-0.39, 0.29) is 6.10 Å². The fraction of sp³-hybridized carbons (Fsp3) is 0.429. The van der Waals surface area contributed by atoms with Crippen LogP contribution in [0.15, 0.2) is 52.9 Å². The Hall–Kier alpha value is -2.56. The van der Waals surface area contributed by atoms with Crippen LogP contribution in [0.3, 0.4) is 0 Å². The Morgan fingerprint density at radius 3 is 2.15 bits per heavy atom. The smallest absolute Gasteiger partial charge is 0.337 e. The lowest BCUT2D eigenvalue weighted by molar-refractivity contribution is -0.143. The van der Waals surface area contributed by atoms with Crippen LogP contribution in [0.2, 0.25) is 0 Å². The predicted octanol–water partition coefficient (Wildman–Crippen LogP) is 3.83. The molecular weight excluding hydrogens is 330 g/mol. The third kappa shape index (κ3) is 4.34. The van der Waals surface area contributed by atoms with E-state index in [1.165, 1.54) is 0 Å². The van der Waals surface area contributed by atoms with E-state index in [4.69, 9.17) is 9.47 Å². The molecule has 26 heavy (non-hydrogen) atoms. The van der Waals surface area contributed by atoms with E-state index < -0.39 is 17.9 Å². The maximum atomic E-state index is 12.8. The number of allylic oxidation sites excluding steroid dienone is 2. The minimum atomic E-state index is -0.520. The highest BCUT2D eigenvalue weighted by atomic mass is 16.5. The number of ether oxygens (including phenoxy) is 2. The summed E-state index contributed by atoms with van der Waals surface area (Å²) in [5.74, 6) is -1.35. The van der Waals surface area contributed by atoms with Crippen molar-refractivity contribution in [2.75, 3.05) is 6.61 Å². The summed E-state index contributed by atoms with van der Waals surface area (Å²) in [6.45, 7) is 9.54. The number of hydrogen-bond donors (Lipinski definition) is 1. The molecule has 140 valence electrons. The molecule has 1 aromatic rings. The molecule has 0 amide bonds. The highest BCUT2D eigenvalue weighted by molar-refractivity contribution is 5.99. The summed E-state index contributed by atoms with van der Waals surface area (Å²) < 4.78 is 10.8. The number of rotatable bonds is 6. The molecule has 0 spiro atoms. The van der Waals surface area contributed by atoms with Gasteiger partial charge in [-0.05, 0) is 39.7 Å². The Labute approximate surface area is 155 Å². The van der Waals surface area contributed by atoms with Crippen LogP contribution in [0.1, 0.15) is 52.5 Å². The normalized spacial score (nSPS) is 17.2. The third-order valence-electron chi connectivity index (χ3n) is 4.11. The Bertz CT molecular complexity index is 732. The van der Waals surface area contributed by atoms with Crippen molar-refractivity contribution < 1.29 is 19.1 Å². The molecule has 1 aliphatic heterocycles. The first-order chi connectivity index (χ1) is 12.4. The van der Waals surface area contributed by atoms with Gasteiger partial charge in [-0.2, -0.15) is 0 Å². The first kappa shape index (κ1) is 19.8. The molecule has 1 atom stereocenters. The average Bonchev–Trinajstić information content (AvgIpc) is 2.59. The number of nitrogens with one attached hydrogen (secondary N) is 1. The zero-order valence-electron chi connectivity index (χ0n) is 16.1. The van der Waals surface area contributed by atoms with Gasteiger partial charge in [0.1, 0.15) is 0 Å². The molecule has 0 radical (unpaired) electrons. The number of esters is 2.